The van der Waals surface area contributed by atoms with Gasteiger partial charge in [0.2, 0.25) is 17.6 Å². The number of carboxylic acid groups (broad SMARTS) is 1. The second-order valence-corrected chi connectivity index (χ2v) is 13.8. The van der Waals surface area contributed by atoms with Crippen LogP contribution in [0.15, 0.2) is 60.7 Å². The lowest BCUT2D eigenvalue weighted by molar-refractivity contribution is -0.130. The number of carboxylic acids is 1. The third-order valence-corrected chi connectivity index (χ3v) is 8.84. The molecule has 14 heteroatoms. The zero-order valence-electron chi connectivity index (χ0n) is 29.0. The standard InChI is InChI=1S/C37H42FN7O6/c1-21-29(18-27(35(48)49)19-30(21)38)24-9-5-22(6-10-24)17-31(34(47)40-28-15-13-25(14-16-28)32-42-44-45-43-32)41-33(46)26-11-7-23(8-12-26)20-39-36(50)51-37(2,3)4/h5-6,9-10,13-16,18-19,23,26,31H,7-8,11-12,17,20H2,1-4H3,(H,39,50)(H,40,47)(H,41,46)(H,48,49)(H,42,43,44,45)/t23-,26-,31-/m0/s1. The Morgan fingerprint density at radius 1 is 0.980 bits per heavy atom. The number of hydrogen-bond donors (Lipinski definition) is 5. The summed E-state index contributed by atoms with van der Waals surface area (Å²) < 4.78 is 19.9. The number of hydrogen-bond acceptors (Lipinski definition) is 8. The molecule has 51 heavy (non-hydrogen) atoms. The largest absolute Gasteiger partial charge is 0.478 e. The predicted octanol–water partition coefficient (Wildman–Crippen LogP) is 5.68. The quantitative estimate of drug-likeness (QED) is 0.131. The van der Waals surface area contributed by atoms with Gasteiger partial charge in [0.1, 0.15) is 17.5 Å². The van der Waals surface area contributed by atoms with Gasteiger partial charge in [-0.25, -0.2) is 14.0 Å². The van der Waals surface area contributed by atoms with E-state index in [4.69, 9.17) is 4.74 Å². The molecule has 0 unspecified atom stereocenters. The van der Waals surface area contributed by atoms with Crippen molar-refractivity contribution >= 4 is 29.6 Å². The van der Waals surface area contributed by atoms with E-state index in [1.54, 1.807) is 76.2 Å². The van der Waals surface area contributed by atoms with Gasteiger partial charge in [0, 0.05) is 30.1 Å². The average molecular weight is 700 g/mol. The summed E-state index contributed by atoms with van der Waals surface area (Å²) in [5.41, 5.74) is 2.58. The highest BCUT2D eigenvalue weighted by molar-refractivity contribution is 5.98. The lowest BCUT2D eigenvalue weighted by atomic mass is 9.81. The van der Waals surface area contributed by atoms with E-state index in [1.165, 1.54) is 6.07 Å². The van der Waals surface area contributed by atoms with E-state index in [2.05, 4.69) is 36.6 Å². The number of alkyl carbamates (subject to hydrolysis) is 1. The summed E-state index contributed by atoms with van der Waals surface area (Å²) >= 11 is 0. The monoisotopic (exact) mass is 699 g/mol. The summed E-state index contributed by atoms with van der Waals surface area (Å²) in [5, 5.41) is 32.0. The van der Waals surface area contributed by atoms with E-state index in [9.17, 15) is 28.7 Å². The van der Waals surface area contributed by atoms with E-state index < -0.39 is 35.4 Å². The summed E-state index contributed by atoms with van der Waals surface area (Å²) in [5.74, 6) is -2.17. The van der Waals surface area contributed by atoms with Crippen molar-refractivity contribution in [2.45, 2.75) is 71.4 Å². The van der Waals surface area contributed by atoms with Crippen LogP contribution in [0.25, 0.3) is 22.5 Å². The molecule has 5 N–H and O–H groups in total. The number of carbonyl (C=O) groups is 4. The fraction of sp³-hybridized carbons (Fsp3) is 0.378. The molecule has 1 fully saturated rings. The number of halogens is 1. The summed E-state index contributed by atoms with van der Waals surface area (Å²) in [6.07, 6.45) is 2.39. The molecule has 1 heterocycles. The lowest BCUT2D eigenvalue weighted by Crippen LogP contribution is -2.48. The second kappa shape index (κ2) is 15.9. The molecule has 1 aliphatic carbocycles. The van der Waals surface area contributed by atoms with Crippen LogP contribution in [0, 0.1) is 24.6 Å². The minimum Gasteiger partial charge on any atom is -0.478 e. The summed E-state index contributed by atoms with van der Waals surface area (Å²) in [4.78, 5) is 50.9. The first kappa shape index (κ1) is 36.6. The average Bonchev–Trinajstić information content (AvgIpc) is 3.64. The molecule has 3 amide bonds. The molecule has 0 radical (unpaired) electrons. The first-order chi connectivity index (χ1) is 24.3. The number of H-pyrrole nitrogens is 1. The Morgan fingerprint density at radius 2 is 1.65 bits per heavy atom. The number of nitrogens with zero attached hydrogens (tertiary/aromatic N) is 3. The van der Waals surface area contributed by atoms with Crippen molar-refractivity contribution in [3.05, 3.63) is 83.2 Å². The predicted molar refractivity (Wildman–Crippen MR) is 187 cm³/mol. The van der Waals surface area contributed by atoms with Crippen LogP contribution in [-0.4, -0.2) is 67.8 Å². The second-order valence-electron chi connectivity index (χ2n) is 13.8. The van der Waals surface area contributed by atoms with Crippen molar-refractivity contribution in [3.63, 3.8) is 0 Å². The molecule has 0 bridgehead atoms. The Hall–Kier alpha value is -5.66. The van der Waals surface area contributed by atoms with Crippen LogP contribution >= 0.6 is 0 Å². The number of rotatable bonds is 11. The first-order valence-corrected chi connectivity index (χ1v) is 16.8. The van der Waals surface area contributed by atoms with Crippen molar-refractivity contribution in [2.75, 3.05) is 11.9 Å². The maximum absolute atomic E-state index is 14.5. The van der Waals surface area contributed by atoms with E-state index >= 15 is 0 Å². The molecule has 3 aromatic carbocycles. The van der Waals surface area contributed by atoms with Crippen LogP contribution in [0.4, 0.5) is 14.9 Å². The molecule has 1 atom stereocenters. The molecule has 1 saturated carbocycles. The molecular formula is C37H42FN7O6. The third-order valence-electron chi connectivity index (χ3n) is 8.84. The molecule has 0 spiro atoms. The van der Waals surface area contributed by atoms with Crippen molar-refractivity contribution in [1.29, 1.82) is 0 Å². The van der Waals surface area contributed by atoms with Gasteiger partial charge in [0.15, 0.2) is 0 Å². The van der Waals surface area contributed by atoms with Gasteiger partial charge in [0.05, 0.1) is 5.56 Å². The van der Waals surface area contributed by atoms with Crippen molar-refractivity contribution < 1.29 is 33.4 Å². The number of benzene rings is 3. The normalized spacial score (nSPS) is 16.5. The van der Waals surface area contributed by atoms with Crippen LogP contribution in [0.1, 0.15) is 67.9 Å². The fourth-order valence-corrected chi connectivity index (χ4v) is 6.04. The van der Waals surface area contributed by atoms with Gasteiger partial charge in [-0.1, -0.05) is 24.3 Å². The van der Waals surface area contributed by atoms with Gasteiger partial charge >= 0.3 is 12.1 Å². The summed E-state index contributed by atoms with van der Waals surface area (Å²) in [7, 11) is 0. The van der Waals surface area contributed by atoms with Gasteiger partial charge in [-0.2, -0.15) is 5.21 Å². The number of ether oxygens (including phenoxy) is 1. The fourth-order valence-electron chi connectivity index (χ4n) is 6.04. The molecule has 5 rings (SSSR count). The van der Waals surface area contributed by atoms with E-state index in [0.29, 0.717) is 53.2 Å². The zero-order valence-corrected chi connectivity index (χ0v) is 29.0. The smallest absolute Gasteiger partial charge is 0.407 e. The summed E-state index contributed by atoms with van der Waals surface area (Å²) in [6.45, 7) is 7.46. The van der Waals surface area contributed by atoms with Crippen LogP contribution in [0.3, 0.4) is 0 Å². The van der Waals surface area contributed by atoms with E-state index in [-0.39, 0.29) is 29.7 Å². The number of nitrogens with one attached hydrogen (secondary N) is 4. The molecular weight excluding hydrogens is 657 g/mol. The van der Waals surface area contributed by atoms with E-state index in [0.717, 1.165) is 24.5 Å². The molecule has 13 nitrogen and oxygen atoms in total. The third kappa shape index (κ3) is 9.96. The highest BCUT2D eigenvalue weighted by Crippen LogP contribution is 2.30. The first-order valence-electron chi connectivity index (χ1n) is 16.8. The van der Waals surface area contributed by atoms with Crippen molar-refractivity contribution in [2.24, 2.45) is 11.8 Å². The number of anilines is 1. The highest BCUT2D eigenvalue weighted by Gasteiger charge is 2.30. The Morgan fingerprint density at radius 3 is 2.25 bits per heavy atom. The van der Waals surface area contributed by atoms with Crippen LogP contribution in [0.2, 0.25) is 0 Å². The topological polar surface area (TPSA) is 188 Å². The lowest BCUT2D eigenvalue weighted by Gasteiger charge is -2.29. The van der Waals surface area contributed by atoms with Gasteiger partial charge in [-0.15, -0.1) is 10.2 Å². The minimum atomic E-state index is -1.23. The number of aromatic nitrogens is 4. The zero-order chi connectivity index (χ0) is 36.7. The van der Waals surface area contributed by atoms with Crippen LogP contribution in [0.5, 0.6) is 0 Å². The minimum absolute atomic E-state index is 0.157. The maximum Gasteiger partial charge on any atom is 0.407 e. The molecule has 0 aliphatic heterocycles. The molecule has 1 aliphatic rings. The number of carbonyl (C=O) groups excluding carboxylic acids is 3. The Labute approximate surface area is 294 Å². The molecule has 1 aromatic heterocycles. The Balaban J connectivity index is 1.27. The molecule has 268 valence electrons. The van der Waals surface area contributed by atoms with Gasteiger partial charge in [0.25, 0.3) is 0 Å². The molecule has 4 aromatic rings. The van der Waals surface area contributed by atoms with Gasteiger partial charge in [-0.3, -0.25) is 9.59 Å². The Kier molecular flexibility index (Phi) is 11.4. The number of tetrazole rings is 1. The summed E-state index contributed by atoms with van der Waals surface area (Å²) in [6, 6.07) is 15.4. The van der Waals surface area contributed by atoms with Gasteiger partial charge < -0.3 is 25.8 Å². The van der Waals surface area contributed by atoms with Crippen LogP contribution < -0.4 is 16.0 Å². The maximum atomic E-state index is 14.5. The van der Waals surface area contributed by atoms with Crippen molar-refractivity contribution in [1.82, 2.24) is 31.3 Å². The SMILES string of the molecule is Cc1c(F)cc(C(=O)O)cc1-c1ccc(C[C@H](NC(=O)[C@H]2CC[C@H](CNC(=O)OC(C)(C)C)CC2)C(=O)Nc2ccc(-c3nn[nH]n3)cc2)cc1. The molecule has 0 saturated heterocycles. The van der Waals surface area contributed by atoms with Crippen molar-refractivity contribution in [3.8, 4) is 22.5 Å². The number of aromatic amines is 1. The number of aromatic carboxylic acids is 1. The highest BCUT2D eigenvalue weighted by atomic mass is 19.1. The number of amides is 3. The Bertz CT molecular complexity index is 1850. The van der Waals surface area contributed by atoms with E-state index in [1.807, 2.05) is 0 Å². The van der Waals surface area contributed by atoms with Crippen LogP contribution in [-0.2, 0) is 20.7 Å². The van der Waals surface area contributed by atoms with Gasteiger partial charge in [-0.05, 0) is 123 Å².